The summed E-state index contributed by atoms with van der Waals surface area (Å²) in [7, 11) is 0.628. The lowest BCUT2D eigenvalue weighted by molar-refractivity contribution is 0.137. The molecule has 6 nitrogen and oxygen atoms in total. The summed E-state index contributed by atoms with van der Waals surface area (Å²) in [6.45, 7) is -0.161. The quantitative estimate of drug-likeness (QED) is 0.795. The molecule has 78 valence electrons. The summed E-state index contributed by atoms with van der Waals surface area (Å²) in [6.07, 6.45) is 0.242. The average Bonchev–Trinajstić information content (AvgIpc) is 2.49. The Morgan fingerprint density at radius 2 is 2.36 bits per heavy atom. The van der Waals surface area contributed by atoms with Crippen molar-refractivity contribution in [3.05, 3.63) is 24.2 Å². The summed E-state index contributed by atoms with van der Waals surface area (Å²) in [5.41, 5.74) is 0. The lowest BCUT2D eigenvalue weighted by Crippen LogP contribution is -2.27. The lowest BCUT2D eigenvalue weighted by atomic mass is 10.5. The molecule has 0 atom stereocenters. The highest BCUT2D eigenvalue weighted by molar-refractivity contribution is 8.12. The van der Waals surface area contributed by atoms with Crippen molar-refractivity contribution in [3.63, 3.8) is 0 Å². The maximum atomic E-state index is 10.7. The number of hydrogen-bond acceptors (Lipinski definition) is 5. The van der Waals surface area contributed by atoms with Crippen molar-refractivity contribution in [2.75, 3.05) is 0 Å². The van der Waals surface area contributed by atoms with Crippen molar-refractivity contribution in [1.29, 1.82) is 0 Å². The molecule has 0 unspecified atom stereocenters. The number of rotatable bonds is 3. The Morgan fingerprint density at radius 1 is 1.64 bits per heavy atom. The van der Waals surface area contributed by atoms with Crippen LogP contribution in [0.3, 0.4) is 0 Å². The van der Waals surface area contributed by atoms with Gasteiger partial charge >= 0.3 is 15.3 Å². The number of nitrogens with one attached hydrogen (secondary N) is 1. The van der Waals surface area contributed by atoms with E-state index in [9.17, 15) is 13.2 Å². The van der Waals surface area contributed by atoms with E-state index in [4.69, 9.17) is 15.1 Å². The summed E-state index contributed by atoms with van der Waals surface area (Å²) in [6, 6.07) is 3.18. The third-order valence-electron chi connectivity index (χ3n) is 1.13. The zero-order valence-corrected chi connectivity index (χ0v) is 8.34. The molecule has 0 aliphatic carbocycles. The van der Waals surface area contributed by atoms with Crippen LogP contribution >= 0.6 is 10.7 Å². The van der Waals surface area contributed by atoms with Gasteiger partial charge in [-0.15, -0.1) is 0 Å². The van der Waals surface area contributed by atoms with Crippen molar-refractivity contribution in [2.45, 2.75) is 6.61 Å². The molecule has 0 spiro atoms. The van der Waals surface area contributed by atoms with Crippen LogP contribution in [0.25, 0.3) is 0 Å². The molecule has 0 radical (unpaired) electrons. The second kappa shape index (κ2) is 4.34. The molecule has 1 aromatic heterocycles. The van der Waals surface area contributed by atoms with Crippen LogP contribution < -0.4 is 4.72 Å². The van der Waals surface area contributed by atoms with Gasteiger partial charge in [0, 0.05) is 10.7 Å². The highest BCUT2D eigenvalue weighted by atomic mass is 35.7. The Kier molecular flexibility index (Phi) is 3.37. The van der Waals surface area contributed by atoms with Crippen LogP contribution in [-0.2, 0) is 20.6 Å². The zero-order chi connectivity index (χ0) is 10.6. The molecule has 0 aliphatic rings. The molecule has 0 fully saturated rings. The van der Waals surface area contributed by atoms with Crippen LogP contribution in [-0.4, -0.2) is 14.5 Å². The standard InChI is InChI=1S/C6H6ClNO5S/c7-14(10,11)8-6(9)13-4-5-2-1-3-12-5/h1-3H,4H2,(H,8,9). The Hall–Kier alpha value is -1.21. The fourth-order valence-electron chi connectivity index (χ4n) is 0.660. The molecular formula is C6H6ClNO5S. The number of ether oxygens (including phenoxy) is 1. The maximum absolute atomic E-state index is 10.7. The second-order valence-electron chi connectivity index (χ2n) is 2.20. The minimum absolute atomic E-state index is 0.161. The van der Waals surface area contributed by atoms with Crippen LogP contribution in [0, 0.1) is 0 Å². The van der Waals surface area contributed by atoms with Crippen molar-refractivity contribution >= 4 is 26.0 Å². The molecule has 14 heavy (non-hydrogen) atoms. The number of amides is 1. The zero-order valence-electron chi connectivity index (χ0n) is 6.77. The Morgan fingerprint density at radius 3 is 2.86 bits per heavy atom. The molecule has 0 saturated carbocycles. The summed E-state index contributed by atoms with van der Waals surface area (Å²) >= 11 is 0. The van der Waals surface area contributed by atoms with Gasteiger partial charge in [0.25, 0.3) is 0 Å². The summed E-state index contributed by atoms with van der Waals surface area (Å²) in [5.74, 6) is 0.395. The molecular weight excluding hydrogens is 234 g/mol. The van der Waals surface area contributed by atoms with Gasteiger partial charge in [0.2, 0.25) is 0 Å². The fourth-order valence-corrected chi connectivity index (χ4v) is 1.11. The Bertz CT molecular complexity index is 398. The highest BCUT2D eigenvalue weighted by Crippen LogP contribution is 2.02. The average molecular weight is 240 g/mol. The third kappa shape index (κ3) is 4.15. The third-order valence-corrected chi connectivity index (χ3v) is 1.77. The predicted molar refractivity (Wildman–Crippen MR) is 46.8 cm³/mol. The van der Waals surface area contributed by atoms with Crippen LogP contribution in [0.1, 0.15) is 5.76 Å². The Labute approximate surface area is 84.3 Å². The summed E-state index contributed by atoms with van der Waals surface area (Å²) in [4.78, 5) is 10.7. The van der Waals surface area contributed by atoms with Crippen molar-refractivity contribution in [2.24, 2.45) is 0 Å². The van der Waals surface area contributed by atoms with E-state index in [0.29, 0.717) is 5.76 Å². The first kappa shape index (κ1) is 10.9. The summed E-state index contributed by atoms with van der Waals surface area (Å²) in [5, 5.41) is 0. The normalized spacial score (nSPS) is 10.9. The first-order valence-corrected chi connectivity index (χ1v) is 5.70. The van der Waals surface area contributed by atoms with E-state index in [2.05, 4.69) is 4.74 Å². The van der Waals surface area contributed by atoms with Crippen LogP contribution in [0.2, 0.25) is 0 Å². The molecule has 1 rings (SSSR count). The van der Waals surface area contributed by atoms with E-state index >= 15 is 0 Å². The topological polar surface area (TPSA) is 85.6 Å². The van der Waals surface area contributed by atoms with E-state index in [0.717, 1.165) is 0 Å². The van der Waals surface area contributed by atoms with Gasteiger partial charge in [-0.3, -0.25) is 0 Å². The van der Waals surface area contributed by atoms with Crippen molar-refractivity contribution < 1.29 is 22.4 Å². The van der Waals surface area contributed by atoms with Crippen LogP contribution in [0.15, 0.2) is 22.8 Å². The summed E-state index contributed by atoms with van der Waals surface area (Å²) < 4.78 is 31.4. The van der Waals surface area contributed by atoms with Gasteiger partial charge in [-0.2, -0.15) is 8.42 Å². The predicted octanol–water partition coefficient (Wildman–Crippen LogP) is 0.989. The van der Waals surface area contributed by atoms with E-state index in [1.807, 2.05) is 0 Å². The minimum atomic E-state index is -4.10. The molecule has 1 N–H and O–H groups in total. The van der Waals surface area contributed by atoms with Crippen molar-refractivity contribution in [1.82, 2.24) is 4.72 Å². The van der Waals surface area contributed by atoms with E-state index in [1.165, 1.54) is 11.0 Å². The molecule has 0 aliphatic heterocycles. The Balaban J connectivity index is 2.36. The van der Waals surface area contributed by atoms with E-state index in [1.54, 1.807) is 12.1 Å². The van der Waals surface area contributed by atoms with Crippen LogP contribution in [0.4, 0.5) is 4.79 Å². The molecule has 1 heterocycles. The van der Waals surface area contributed by atoms with E-state index in [-0.39, 0.29) is 6.61 Å². The van der Waals surface area contributed by atoms with Gasteiger partial charge in [0.1, 0.15) is 5.76 Å². The largest absolute Gasteiger partial charge is 0.466 e. The minimum Gasteiger partial charge on any atom is -0.466 e. The highest BCUT2D eigenvalue weighted by Gasteiger charge is 2.11. The molecule has 0 bridgehead atoms. The van der Waals surface area contributed by atoms with Gasteiger partial charge in [0.05, 0.1) is 6.26 Å². The van der Waals surface area contributed by atoms with Gasteiger partial charge in [-0.25, -0.2) is 9.52 Å². The monoisotopic (exact) mass is 239 g/mol. The van der Waals surface area contributed by atoms with Gasteiger partial charge in [-0.1, -0.05) is 0 Å². The molecule has 0 saturated heterocycles. The molecule has 1 amide bonds. The van der Waals surface area contributed by atoms with Gasteiger partial charge < -0.3 is 9.15 Å². The van der Waals surface area contributed by atoms with Crippen molar-refractivity contribution in [3.8, 4) is 0 Å². The molecule has 8 heteroatoms. The number of furan rings is 1. The van der Waals surface area contributed by atoms with Gasteiger partial charge in [0.15, 0.2) is 6.61 Å². The SMILES string of the molecule is O=C(NS(=O)(=O)Cl)OCc1ccco1. The van der Waals surface area contributed by atoms with E-state index < -0.39 is 15.3 Å². The lowest BCUT2D eigenvalue weighted by Gasteiger charge is -2.01. The maximum Gasteiger partial charge on any atom is 0.422 e. The fraction of sp³-hybridized carbons (Fsp3) is 0.167. The number of carbonyl (C=O) groups is 1. The molecule has 1 aromatic rings. The smallest absolute Gasteiger partial charge is 0.422 e. The number of hydrogen-bond donors (Lipinski definition) is 1. The van der Waals surface area contributed by atoms with Crippen LogP contribution in [0.5, 0.6) is 0 Å². The first-order chi connectivity index (χ1) is 6.47. The number of carbonyl (C=O) groups excluding carboxylic acids is 1. The number of halogens is 1. The second-order valence-corrected chi connectivity index (χ2v) is 4.49. The first-order valence-electron chi connectivity index (χ1n) is 3.39. The van der Waals surface area contributed by atoms with Gasteiger partial charge in [-0.05, 0) is 12.1 Å². The molecule has 0 aromatic carbocycles.